The van der Waals surface area contributed by atoms with Crippen molar-refractivity contribution in [3.63, 3.8) is 0 Å². The average Bonchev–Trinajstić information content (AvgIpc) is 3.83. The topological polar surface area (TPSA) is 6.48 Å². The van der Waals surface area contributed by atoms with E-state index in [4.69, 9.17) is 6.85 Å². The lowest BCUT2D eigenvalue weighted by atomic mass is 9.70. The summed E-state index contributed by atoms with van der Waals surface area (Å²) >= 11 is 0. The molecular weight excluding hydrogens is 737 g/mol. The van der Waals surface area contributed by atoms with Gasteiger partial charge in [0.1, 0.15) is 0 Å². The van der Waals surface area contributed by atoms with E-state index in [1.165, 1.54) is 38.9 Å². The summed E-state index contributed by atoms with van der Waals surface area (Å²) < 4.78 is 43.0. The van der Waals surface area contributed by atoms with Gasteiger partial charge in [-0.15, -0.1) is 0 Å². The Balaban J connectivity index is 1.11. The predicted octanol–water partition coefficient (Wildman–Crippen LogP) is 15.8. The maximum Gasteiger partial charge on any atom is 0.0727 e. The molecule has 10 aromatic carbocycles. The third-order valence-corrected chi connectivity index (χ3v) is 12.5. The summed E-state index contributed by atoms with van der Waals surface area (Å²) in [6, 6.07) is 73.4. The van der Waals surface area contributed by atoms with Gasteiger partial charge >= 0.3 is 0 Å². The fourth-order valence-electron chi connectivity index (χ4n) is 9.95. The predicted molar refractivity (Wildman–Crippen MR) is 255 cm³/mol. The van der Waals surface area contributed by atoms with E-state index in [0.29, 0.717) is 5.56 Å². The molecule has 2 aliphatic carbocycles. The molecule has 2 heteroatoms. The number of hydrogen-bond acceptors (Lipinski definition) is 2. The molecule has 2 nitrogen and oxygen atoms in total. The van der Waals surface area contributed by atoms with Gasteiger partial charge in [-0.05, 0) is 139 Å². The van der Waals surface area contributed by atoms with Gasteiger partial charge in [0.2, 0.25) is 0 Å². The SMILES string of the molecule is [2H]c1c([2H])c([2H])c(-c2cccc(N(c3ccc4c(c3)C3(c5ccccc5-c5ccc(N(c6ccccc6)c6ccccc6)cc53)c3ccccc3-4)c3ccc4ccccc4c3)c2)c([2H])c1[2H]. The van der Waals surface area contributed by atoms with Crippen LogP contribution in [-0.2, 0) is 5.41 Å². The summed E-state index contributed by atoms with van der Waals surface area (Å²) in [5.41, 5.74) is 15.4. The number of benzene rings is 10. The van der Waals surface area contributed by atoms with Gasteiger partial charge < -0.3 is 9.80 Å². The van der Waals surface area contributed by atoms with Gasteiger partial charge in [0.15, 0.2) is 0 Å². The Bertz CT molecular complexity index is 3490. The van der Waals surface area contributed by atoms with Crippen molar-refractivity contribution >= 4 is 44.9 Å². The monoisotopic (exact) mass is 781 g/mol. The number of fused-ring (bicyclic) bond motifs is 11. The van der Waals surface area contributed by atoms with E-state index >= 15 is 0 Å². The first-order chi connectivity index (χ1) is 32.3. The molecule has 0 bridgehead atoms. The van der Waals surface area contributed by atoms with E-state index in [9.17, 15) is 0 Å². The second-order valence-electron chi connectivity index (χ2n) is 15.7. The molecule has 0 saturated heterocycles. The Morgan fingerprint density at radius 1 is 0.295 bits per heavy atom. The molecule has 286 valence electrons. The normalized spacial score (nSPS) is 15.4. The molecule has 0 aliphatic heterocycles. The zero-order valence-corrected chi connectivity index (χ0v) is 33.1. The van der Waals surface area contributed by atoms with Crippen molar-refractivity contribution in [3.8, 4) is 33.4 Å². The molecule has 12 rings (SSSR count). The number of nitrogens with zero attached hydrogens (tertiary/aromatic N) is 2. The molecule has 0 amide bonds. The van der Waals surface area contributed by atoms with Crippen LogP contribution in [0.25, 0.3) is 44.2 Å². The lowest BCUT2D eigenvalue weighted by molar-refractivity contribution is 0.793. The minimum atomic E-state index is -0.673. The summed E-state index contributed by atoms with van der Waals surface area (Å²) in [5.74, 6) is 0. The van der Waals surface area contributed by atoms with Gasteiger partial charge in [0.25, 0.3) is 0 Å². The molecule has 0 heterocycles. The van der Waals surface area contributed by atoms with Crippen LogP contribution in [0.15, 0.2) is 243 Å². The Morgan fingerprint density at radius 2 is 0.754 bits per heavy atom. The molecule has 0 aromatic heterocycles. The minimum Gasteiger partial charge on any atom is -0.310 e. The Kier molecular flexibility index (Phi) is 6.98. The highest BCUT2D eigenvalue weighted by atomic mass is 15.1. The van der Waals surface area contributed by atoms with Crippen molar-refractivity contribution < 1.29 is 6.85 Å². The van der Waals surface area contributed by atoms with Crippen molar-refractivity contribution in [2.75, 3.05) is 9.80 Å². The molecule has 0 fully saturated rings. The minimum absolute atomic E-state index is 0.166. The Hall–Kier alpha value is -7.94. The lowest BCUT2D eigenvalue weighted by Crippen LogP contribution is -2.26. The molecule has 2 aliphatic rings. The average molecular weight is 782 g/mol. The maximum absolute atomic E-state index is 8.88. The van der Waals surface area contributed by atoms with Crippen LogP contribution >= 0.6 is 0 Å². The van der Waals surface area contributed by atoms with Gasteiger partial charge in [-0.25, -0.2) is 0 Å². The number of para-hydroxylation sites is 2. The van der Waals surface area contributed by atoms with Crippen molar-refractivity contribution in [3.05, 3.63) is 265 Å². The van der Waals surface area contributed by atoms with Crippen molar-refractivity contribution in [2.24, 2.45) is 0 Å². The highest BCUT2D eigenvalue weighted by Crippen LogP contribution is 2.64. The molecule has 1 unspecified atom stereocenters. The first-order valence-corrected chi connectivity index (χ1v) is 20.7. The molecule has 0 saturated carbocycles. The number of anilines is 6. The van der Waals surface area contributed by atoms with Gasteiger partial charge in [-0.1, -0.05) is 170 Å². The Morgan fingerprint density at radius 3 is 1.38 bits per heavy atom. The van der Waals surface area contributed by atoms with Gasteiger partial charge in [0, 0.05) is 34.1 Å². The molecule has 1 spiro atoms. The lowest BCUT2D eigenvalue weighted by Gasteiger charge is -2.33. The van der Waals surface area contributed by atoms with E-state index in [2.05, 4.69) is 186 Å². The van der Waals surface area contributed by atoms with Crippen molar-refractivity contribution in [1.29, 1.82) is 0 Å². The van der Waals surface area contributed by atoms with Crippen molar-refractivity contribution in [1.82, 2.24) is 0 Å². The zero-order valence-electron chi connectivity index (χ0n) is 38.1. The third kappa shape index (κ3) is 5.50. The van der Waals surface area contributed by atoms with E-state index < -0.39 is 11.5 Å². The molecule has 61 heavy (non-hydrogen) atoms. The summed E-state index contributed by atoms with van der Waals surface area (Å²) in [5, 5.41) is 2.20. The summed E-state index contributed by atoms with van der Waals surface area (Å²) in [4.78, 5) is 4.56. The number of rotatable bonds is 7. The molecular formula is C59H40N2. The molecule has 10 aromatic rings. The standard InChI is InChI=1S/C59H40N2/c1-4-17-41(18-5-1)44-21-16-26-47(37-44)61(48-32-31-42-19-10-11-20-43(42)38-48)50-34-36-54-52-28-13-15-30-56(52)59(58(54)40-50)55-29-14-12-27-51(55)53-35-33-49(39-57(53)59)60(45-22-6-2-7-23-45)46-24-8-3-9-25-46/h1-40H/i1D,4D,5D,17D,18D. The van der Waals surface area contributed by atoms with Crippen LogP contribution in [-0.4, -0.2) is 0 Å². The summed E-state index contributed by atoms with van der Waals surface area (Å²) in [6.07, 6.45) is 0. The third-order valence-electron chi connectivity index (χ3n) is 12.5. The smallest absolute Gasteiger partial charge is 0.0727 e. The fraction of sp³-hybridized carbons (Fsp3) is 0.0169. The van der Waals surface area contributed by atoms with Crippen LogP contribution in [0.3, 0.4) is 0 Å². The van der Waals surface area contributed by atoms with E-state index in [1.54, 1.807) is 0 Å². The van der Waals surface area contributed by atoms with Gasteiger partial charge in [0.05, 0.1) is 12.3 Å². The second-order valence-corrected chi connectivity index (χ2v) is 15.7. The van der Waals surface area contributed by atoms with Crippen molar-refractivity contribution in [2.45, 2.75) is 5.41 Å². The molecule has 0 N–H and O–H groups in total. The van der Waals surface area contributed by atoms with Crippen LogP contribution in [0, 0.1) is 0 Å². The quantitative estimate of drug-likeness (QED) is 0.159. The maximum atomic E-state index is 8.88. The van der Waals surface area contributed by atoms with Crippen LogP contribution < -0.4 is 9.80 Å². The highest BCUT2D eigenvalue weighted by molar-refractivity contribution is 5.98. The molecule has 0 radical (unpaired) electrons. The van der Waals surface area contributed by atoms with E-state index in [0.717, 1.165) is 50.5 Å². The van der Waals surface area contributed by atoms with Gasteiger partial charge in [-0.3, -0.25) is 0 Å². The Labute approximate surface area is 363 Å². The van der Waals surface area contributed by atoms with Crippen LogP contribution in [0.4, 0.5) is 34.1 Å². The first kappa shape index (κ1) is 30.2. The summed E-state index contributed by atoms with van der Waals surface area (Å²) in [6.45, 7) is 0. The molecule has 1 atom stereocenters. The summed E-state index contributed by atoms with van der Waals surface area (Å²) in [7, 11) is 0. The van der Waals surface area contributed by atoms with E-state index in [1.807, 2.05) is 36.4 Å². The van der Waals surface area contributed by atoms with Crippen LogP contribution in [0.1, 0.15) is 29.1 Å². The van der Waals surface area contributed by atoms with Gasteiger partial charge in [-0.2, -0.15) is 0 Å². The highest BCUT2D eigenvalue weighted by Gasteiger charge is 2.52. The van der Waals surface area contributed by atoms with Crippen LogP contribution in [0.2, 0.25) is 0 Å². The first-order valence-electron chi connectivity index (χ1n) is 23.2. The second kappa shape index (κ2) is 14.1. The fourth-order valence-corrected chi connectivity index (χ4v) is 9.95. The number of hydrogen-bond donors (Lipinski definition) is 0. The van der Waals surface area contributed by atoms with E-state index in [-0.39, 0.29) is 29.7 Å². The van der Waals surface area contributed by atoms with Crippen LogP contribution in [0.5, 0.6) is 0 Å². The largest absolute Gasteiger partial charge is 0.310 e. The zero-order chi connectivity index (χ0) is 44.7.